The second-order valence-corrected chi connectivity index (χ2v) is 4.16. The number of halogens is 2. The number of hydrogen-bond donors (Lipinski definition) is 1. The van der Waals surface area contributed by atoms with Crippen LogP contribution in [-0.2, 0) is 0 Å². The molecular formula is C9H7BrClN3. The van der Waals surface area contributed by atoms with Gasteiger partial charge in [0.25, 0.3) is 0 Å². The summed E-state index contributed by atoms with van der Waals surface area (Å²) in [5.74, 6) is 0. The van der Waals surface area contributed by atoms with E-state index >= 15 is 0 Å². The number of anilines is 1. The number of nitrogens with two attached hydrogens (primary N) is 1. The van der Waals surface area contributed by atoms with E-state index in [4.69, 9.17) is 17.3 Å². The number of aromatic nitrogens is 2. The van der Waals surface area contributed by atoms with E-state index in [1.165, 1.54) is 0 Å². The Morgan fingerprint density at radius 3 is 2.86 bits per heavy atom. The predicted octanol–water partition coefficient (Wildman–Crippen LogP) is 2.87. The van der Waals surface area contributed by atoms with E-state index in [9.17, 15) is 0 Å². The van der Waals surface area contributed by atoms with Crippen LogP contribution in [-0.4, -0.2) is 9.78 Å². The highest BCUT2D eigenvalue weighted by atomic mass is 79.9. The molecule has 14 heavy (non-hydrogen) atoms. The van der Waals surface area contributed by atoms with Crippen LogP contribution < -0.4 is 5.73 Å². The van der Waals surface area contributed by atoms with Crippen LogP contribution in [0.1, 0.15) is 0 Å². The van der Waals surface area contributed by atoms with Gasteiger partial charge in [0.1, 0.15) is 0 Å². The molecule has 5 heteroatoms. The van der Waals surface area contributed by atoms with E-state index in [2.05, 4.69) is 21.0 Å². The molecule has 0 saturated heterocycles. The molecule has 0 saturated carbocycles. The molecule has 0 aliphatic heterocycles. The first kappa shape index (κ1) is 9.55. The van der Waals surface area contributed by atoms with E-state index in [1.807, 2.05) is 18.2 Å². The van der Waals surface area contributed by atoms with E-state index in [0.29, 0.717) is 10.7 Å². The zero-order valence-electron chi connectivity index (χ0n) is 7.11. The minimum atomic E-state index is 0.587. The molecule has 2 rings (SSSR count). The van der Waals surface area contributed by atoms with Crippen LogP contribution in [0.15, 0.2) is 35.1 Å². The minimum absolute atomic E-state index is 0.587. The number of nitrogens with zero attached hydrogens (tertiary/aromatic N) is 2. The molecule has 3 nitrogen and oxygen atoms in total. The molecule has 0 aliphatic rings. The molecule has 2 N–H and O–H groups in total. The Kier molecular flexibility index (Phi) is 2.48. The van der Waals surface area contributed by atoms with Crippen molar-refractivity contribution in [2.45, 2.75) is 0 Å². The zero-order valence-corrected chi connectivity index (χ0v) is 9.46. The van der Waals surface area contributed by atoms with Gasteiger partial charge in [0.15, 0.2) is 0 Å². The molecule has 1 aromatic carbocycles. The number of rotatable bonds is 1. The Morgan fingerprint density at radius 1 is 1.43 bits per heavy atom. The van der Waals surface area contributed by atoms with Gasteiger partial charge in [-0.2, -0.15) is 5.10 Å². The molecule has 0 radical (unpaired) electrons. The van der Waals surface area contributed by atoms with E-state index < -0.39 is 0 Å². The Balaban J connectivity index is 2.55. The third kappa shape index (κ3) is 1.76. The van der Waals surface area contributed by atoms with Gasteiger partial charge in [0.05, 0.1) is 22.6 Å². The van der Waals surface area contributed by atoms with Crippen LogP contribution in [0.25, 0.3) is 5.69 Å². The third-order valence-electron chi connectivity index (χ3n) is 1.79. The van der Waals surface area contributed by atoms with Crippen molar-refractivity contribution in [1.82, 2.24) is 9.78 Å². The van der Waals surface area contributed by atoms with Gasteiger partial charge in [-0.1, -0.05) is 27.5 Å². The molecular weight excluding hydrogens is 265 g/mol. The predicted molar refractivity (Wildman–Crippen MR) is 60.7 cm³/mol. The lowest BCUT2D eigenvalue weighted by atomic mass is 10.3. The van der Waals surface area contributed by atoms with Crippen molar-refractivity contribution >= 4 is 33.2 Å². The minimum Gasteiger partial charge on any atom is -0.397 e. The Morgan fingerprint density at radius 2 is 2.21 bits per heavy atom. The van der Waals surface area contributed by atoms with Crippen LogP contribution in [0, 0.1) is 0 Å². The average Bonchev–Trinajstić information content (AvgIpc) is 2.56. The maximum Gasteiger partial charge on any atom is 0.0886 e. The number of benzene rings is 1. The molecule has 0 amide bonds. The summed E-state index contributed by atoms with van der Waals surface area (Å²) in [4.78, 5) is 0. The number of hydrogen-bond acceptors (Lipinski definition) is 2. The maximum absolute atomic E-state index is 5.81. The van der Waals surface area contributed by atoms with Gasteiger partial charge in [0, 0.05) is 10.7 Å². The molecule has 0 bridgehead atoms. The second kappa shape index (κ2) is 3.63. The maximum atomic E-state index is 5.81. The lowest BCUT2D eigenvalue weighted by Gasteiger charge is -2.05. The molecule has 0 aliphatic carbocycles. The highest BCUT2D eigenvalue weighted by Crippen LogP contribution is 2.22. The summed E-state index contributed by atoms with van der Waals surface area (Å²) < 4.78 is 2.59. The number of nitrogen functional groups attached to an aromatic ring is 1. The first-order valence-corrected chi connectivity index (χ1v) is 5.09. The topological polar surface area (TPSA) is 43.8 Å². The van der Waals surface area contributed by atoms with Crippen LogP contribution >= 0.6 is 27.5 Å². The summed E-state index contributed by atoms with van der Waals surface area (Å²) >= 11 is 9.14. The molecule has 0 unspecified atom stereocenters. The first-order chi connectivity index (χ1) is 6.66. The summed E-state index contributed by atoms with van der Waals surface area (Å²) in [5, 5.41) is 4.66. The third-order valence-corrected chi connectivity index (χ3v) is 2.48. The Bertz CT molecular complexity index is 467. The summed E-state index contributed by atoms with van der Waals surface area (Å²) in [6.07, 6.45) is 3.28. The highest BCUT2D eigenvalue weighted by molar-refractivity contribution is 9.10. The van der Waals surface area contributed by atoms with Gasteiger partial charge >= 0.3 is 0 Å². The van der Waals surface area contributed by atoms with Crippen LogP contribution in [0.5, 0.6) is 0 Å². The van der Waals surface area contributed by atoms with Gasteiger partial charge in [-0.3, -0.25) is 0 Å². The lowest BCUT2D eigenvalue weighted by Crippen LogP contribution is -1.99. The van der Waals surface area contributed by atoms with Crippen LogP contribution in [0.2, 0.25) is 5.02 Å². The van der Waals surface area contributed by atoms with Crippen molar-refractivity contribution in [2.75, 3.05) is 5.73 Å². The molecule has 0 spiro atoms. The Labute approximate surface area is 94.6 Å². The summed E-state index contributed by atoms with van der Waals surface area (Å²) in [5.41, 5.74) is 7.28. The SMILES string of the molecule is Nc1ccc(Br)cc1-n1cc(Cl)cn1. The normalized spacial score (nSPS) is 10.4. The summed E-state index contributed by atoms with van der Waals surface area (Å²) in [7, 11) is 0. The van der Waals surface area contributed by atoms with Crippen molar-refractivity contribution in [3.63, 3.8) is 0 Å². The molecule has 1 heterocycles. The zero-order chi connectivity index (χ0) is 10.1. The summed E-state index contributed by atoms with van der Waals surface area (Å²) in [6.45, 7) is 0. The van der Waals surface area contributed by atoms with Crippen molar-refractivity contribution in [3.05, 3.63) is 40.1 Å². The molecule has 0 fully saturated rings. The fourth-order valence-electron chi connectivity index (χ4n) is 1.15. The standard InChI is InChI=1S/C9H7BrClN3/c10-6-1-2-8(12)9(3-6)14-5-7(11)4-13-14/h1-5H,12H2. The lowest BCUT2D eigenvalue weighted by molar-refractivity contribution is 0.882. The average molecular weight is 273 g/mol. The van der Waals surface area contributed by atoms with Crippen LogP contribution in [0.3, 0.4) is 0 Å². The van der Waals surface area contributed by atoms with Gasteiger partial charge in [-0.05, 0) is 18.2 Å². The molecule has 0 atom stereocenters. The van der Waals surface area contributed by atoms with Crippen molar-refractivity contribution in [2.24, 2.45) is 0 Å². The second-order valence-electron chi connectivity index (χ2n) is 2.81. The largest absolute Gasteiger partial charge is 0.397 e. The highest BCUT2D eigenvalue weighted by Gasteiger charge is 2.03. The van der Waals surface area contributed by atoms with Crippen molar-refractivity contribution < 1.29 is 0 Å². The van der Waals surface area contributed by atoms with E-state index in [0.717, 1.165) is 10.2 Å². The van der Waals surface area contributed by atoms with Gasteiger partial charge in [-0.15, -0.1) is 0 Å². The smallest absolute Gasteiger partial charge is 0.0886 e. The molecule has 72 valence electrons. The first-order valence-electron chi connectivity index (χ1n) is 3.92. The quantitative estimate of drug-likeness (QED) is 0.811. The van der Waals surface area contributed by atoms with Crippen molar-refractivity contribution in [3.8, 4) is 5.69 Å². The monoisotopic (exact) mass is 271 g/mol. The van der Waals surface area contributed by atoms with Gasteiger partial charge in [0.2, 0.25) is 0 Å². The molecule has 2 aromatic rings. The van der Waals surface area contributed by atoms with Gasteiger partial charge in [-0.25, -0.2) is 4.68 Å². The van der Waals surface area contributed by atoms with Gasteiger partial charge < -0.3 is 5.73 Å². The fraction of sp³-hybridized carbons (Fsp3) is 0. The van der Waals surface area contributed by atoms with E-state index in [1.54, 1.807) is 17.1 Å². The molecule has 1 aromatic heterocycles. The Hall–Kier alpha value is -1.00. The summed E-state index contributed by atoms with van der Waals surface area (Å²) in [6, 6.07) is 5.58. The van der Waals surface area contributed by atoms with Crippen molar-refractivity contribution in [1.29, 1.82) is 0 Å². The van der Waals surface area contributed by atoms with Crippen LogP contribution in [0.4, 0.5) is 5.69 Å². The van der Waals surface area contributed by atoms with E-state index in [-0.39, 0.29) is 0 Å². The fourth-order valence-corrected chi connectivity index (χ4v) is 1.63.